The molecule has 6 atom stereocenters. The van der Waals surface area contributed by atoms with Crippen LogP contribution in [0.1, 0.15) is 20.3 Å². The first-order chi connectivity index (χ1) is 11.0. The summed E-state index contributed by atoms with van der Waals surface area (Å²) in [4.78, 5) is 23.1. The van der Waals surface area contributed by atoms with Gasteiger partial charge >= 0.3 is 5.97 Å². The standard InChI is InChI=1S/C14H20Cl2N2O6/c1-4(17)11(22)18-10-8-7(5(19)3-6(20)9(8)21)12(23)24-14(10,2)13(15)16/h4,6,8-10,13,19-21H,3,17H2,1-2H3,(H,18,22)/t4?,6?,8?,9?,10?,14-/m0/s1. The first-order valence-electron chi connectivity index (χ1n) is 7.36. The minimum absolute atomic E-state index is 0.214. The van der Waals surface area contributed by atoms with E-state index >= 15 is 0 Å². The normalized spacial score (nSPS) is 37.8. The third-order valence-corrected chi connectivity index (χ3v) is 5.33. The number of halogens is 2. The molecule has 136 valence electrons. The van der Waals surface area contributed by atoms with Gasteiger partial charge in [-0.1, -0.05) is 0 Å². The molecule has 0 radical (unpaired) electrons. The third kappa shape index (κ3) is 3.09. The molecule has 0 aromatic carbocycles. The number of rotatable bonds is 3. The summed E-state index contributed by atoms with van der Waals surface area (Å²) in [6.07, 6.45) is -3.07. The van der Waals surface area contributed by atoms with E-state index in [0.29, 0.717) is 0 Å². The fourth-order valence-corrected chi connectivity index (χ4v) is 3.38. The molecular weight excluding hydrogens is 363 g/mol. The highest BCUT2D eigenvalue weighted by molar-refractivity contribution is 6.45. The number of carbonyl (C=O) groups is 2. The van der Waals surface area contributed by atoms with Crippen LogP contribution in [0.5, 0.6) is 0 Å². The number of carbonyl (C=O) groups excluding carboxylic acids is 2. The van der Waals surface area contributed by atoms with Gasteiger partial charge in [0, 0.05) is 12.3 Å². The average molecular weight is 383 g/mol. The number of nitrogens with one attached hydrogen (secondary N) is 1. The summed E-state index contributed by atoms with van der Waals surface area (Å²) in [5, 5.41) is 32.9. The first-order valence-corrected chi connectivity index (χ1v) is 8.23. The molecule has 2 rings (SSSR count). The van der Waals surface area contributed by atoms with E-state index in [-0.39, 0.29) is 12.0 Å². The monoisotopic (exact) mass is 382 g/mol. The van der Waals surface area contributed by atoms with E-state index in [1.165, 1.54) is 13.8 Å². The van der Waals surface area contributed by atoms with Gasteiger partial charge in [-0.2, -0.15) is 0 Å². The highest BCUT2D eigenvalue weighted by atomic mass is 35.5. The Bertz CT molecular complexity index is 582. The Balaban J connectivity index is 2.55. The molecule has 0 aromatic rings. The molecule has 1 saturated heterocycles. The van der Waals surface area contributed by atoms with E-state index in [9.17, 15) is 24.9 Å². The van der Waals surface area contributed by atoms with Gasteiger partial charge in [-0.3, -0.25) is 4.79 Å². The van der Waals surface area contributed by atoms with Crippen LogP contribution >= 0.6 is 23.2 Å². The van der Waals surface area contributed by atoms with Crippen LogP contribution in [0.4, 0.5) is 0 Å². The molecule has 6 N–H and O–H groups in total. The van der Waals surface area contributed by atoms with Crippen molar-refractivity contribution >= 4 is 35.1 Å². The predicted octanol–water partition coefficient (Wildman–Crippen LogP) is -0.509. The summed E-state index contributed by atoms with van der Waals surface area (Å²) in [7, 11) is 0. The number of cyclic esters (lactones) is 1. The number of alkyl halides is 2. The molecule has 1 amide bonds. The van der Waals surface area contributed by atoms with E-state index in [1.54, 1.807) is 0 Å². The van der Waals surface area contributed by atoms with Crippen molar-refractivity contribution in [3.05, 3.63) is 11.3 Å². The number of aliphatic hydroxyl groups is 3. The van der Waals surface area contributed by atoms with E-state index in [2.05, 4.69) is 5.32 Å². The van der Waals surface area contributed by atoms with Crippen molar-refractivity contribution in [3.8, 4) is 0 Å². The third-order valence-electron chi connectivity index (χ3n) is 4.46. The molecular formula is C14H20Cl2N2O6. The maximum Gasteiger partial charge on any atom is 0.338 e. The summed E-state index contributed by atoms with van der Waals surface area (Å²) < 4.78 is 5.28. The van der Waals surface area contributed by atoms with Crippen molar-refractivity contribution < 1.29 is 29.6 Å². The molecule has 0 saturated carbocycles. The van der Waals surface area contributed by atoms with Crippen LogP contribution in [0.25, 0.3) is 0 Å². The van der Waals surface area contributed by atoms with Gasteiger partial charge in [0.2, 0.25) is 5.91 Å². The van der Waals surface area contributed by atoms with Crippen LogP contribution in [-0.4, -0.2) is 61.9 Å². The van der Waals surface area contributed by atoms with Crippen molar-refractivity contribution in [2.45, 2.75) is 55.0 Å². The van der Waals surface area contributed by atoms with Crippen LogP contribution in [-0.2, 0) is 14.3 Å². The Hall–Kier alpha value is -1.06. The van der Waals surface area contributed by atoms with Crippen molar-refractivity contribution in [1.82, 2.24) is 5.32 Å². The summed E-state index contributed by atoms with van der Waals surface area (Å²) in [5.74, 6) is -3.07. The van der Waals surface area contributed by atoms with Gasteiger partial charge in [-0.25, -0.2) is 4.79 Å². The molecule has 1 aliphatic heterocycles. The molecule has 0 spiro atoms. The van der Waals surface area contributed by atoms with E-state index in [4.69, 9.17) is 33.7 Å². The minimum Gasteiger partial charge on any atom is -0.512 e. The van der Waals surface area contributed by atoms with E-state index < -0.39 is 58.3 Å². The van der Waals surface area contributed by atoms with Gasteiger partial charge in [-0.15, -0.1) is 23.2 Å². The molecule has 0 aromatic heterocycles. The molecule has 2 aliphatic rings. The lowest BCUT2D eigenvalue weighted by atomic mass is 9.71. The van der Waals surface area contributed by atoms with E-state index in [1.807, 2.05) is 0 Å². The molecule has 0 bridgehead atoms. The second-order valence-corrected chi connectivity index (χ2v) is 7.39. The van der Waals surface area contributed by atoms with Gasteiger partial charge in [0.15, 0.2) is 5.60 Å². The number of esters is 1. The van der Waals surface area contributed by atoms with Gasteiger partial charge in [0.05, 0.1) is 29.9 Å². The fourth-order valence-electron chi connectivity index (χ4n) is 3.02. The Kier molecular flexibility index (Phi) is 5.37. The lowest BCUT2D eigenvalue weighted by Gasteiger charge is -2.50. The highest BCUT2D eigenvalue weighted by Gasteiger charge is 2.59. The minimum atomic E-state index is -1.60. The lowest BCUT2D eigenvalue weighted by molar-refractivity contribution is -0.173. The second kappa shape index (κ2) is 6.68. The first kappa shape index (κ1) is 19.3. The van der Waals surface area contributed by atoms with Crippen molar-refractivity contribution in [3.63, 3.8) is 0 Å². The highest BCUT2D eigenvalue weighted by Crippen LogP contribution is 2.44. The number of ether oxygens (including phenoxy) is 1. The molecule has 1 fully saturated rings. The summed E-state index contributed by atoms with van der Waals surface area (Å²) in [6.45, 7) is 2.84. The SMILES string of the molecule is CC(N)C(=O)NC1C2C(=C(O)CC(O)C2O)C(=O)O[C@]1(C)C(Cl)Cl. The smallest absolute Gasteiger partial charge is 0.338 e. The zero-order valence-corrected chi connectivity index (χ0v) is 14.6. The van der Waals surface area contributed by atoms with Crippen LogP contribution in [0.2, 0.25) is 0 Å². The maximum atomic E-state index is 12.3. The molecule has 10 heteroatoms. The number of fused-ring (bicyclic) bond motifs is 1. The van der Waals surface area contributed by atoms with Crippen LogP contribution < -0.4 is 11.1 Å². The topological polar surface area (TPSA) is 142 Å². The molecule has 1 aliphatic carbocycles. The molecule has 8 nitrogen and oxygen atoms in total. The largest absolute Gasteiger partial charge is 0.512 e. The summed E-state index contributed by atoms with van der Waals surface area (Å²) in [6, 6.07) is -1.99. The van der Waals surface area contributed by atoms with Crippen molar-refractivity contribution in [1.29, 1.82) is 0 Å². The number of amides is 1. The van der Waals surface area contributed by atoms with Crippen LogP contribution in [0.15, 0.2) is 11.3 Å². The van der Waals surface area contributed by atoms with Crippen molar-refractivity contribution in [2.24, 2.45) is 11.7 Å². The van der Waals surface area contributed by atoms with E-state index in [0.717, 1.165) is 0 Å². The van der Waals surface area contributed by atoms with Crippen molar-refractivity contribution in [2.75, 3.05) is 0 Å². The predicted molar refractivity (Wildman–Crippen MR) is 85.3 cm³/mol. The Labute approximate surface area is 148 Å². The fraction of sp³-hybridized carbons (Fsp3) is 0.714. The average Bonchev–Trinajstić information content (AvgIpc) is 2.46. The van der Waals surface area contributed by atoms with Gasteiger partial charge in [0.1, 0.15) is 10.6 Å². The lowest BCUT2D eigenvalue weighted by Crippen LogP contribution is -2.68. The molecule has 1 heterocycles. The Morgan fingerprint density at radius 1 is 1.46 bits per heavy atom. The Morgan fingerprint density at radius 2 is 2.04 bits per heavy atom. The summed E-state index contributed by atoms with van der Waals surface area (Å²) >= 11 is 11.9. The molecule has 24 heavy (non-hydrogen) atoms. The number of hydrogen-bond acceptors (Lipinski definition) is 7. The van der Waals surface area contributed by atoms with Gasteiger partial charge in [0.25, 0.3) is 0 Å². The number of aliphatic hydroxyl groups excluding tert-OH is 3. The van der Waals surface area contributed by atoms with Gasteiger partial charge in [-0.05, 0) is 13.8 Å². The second-order valence-electron chi connectivity index (χ2n) is 6.30. The zero-order chi connectivity index (χ0) is 18.4. The van der Waals surface area contributed by atoms with Gasteiger partial charge < -0.3 is 31.1 Å². The van der Waals surface area contributed by atoms with Crippen LogP contribution in [0, 0.1) is 5.92 Å². The summed E-state index contributed by atoms with van der Waals surface area (Å²) in [5.41, 5.74) is 3.73. The zero-order valence-electron chi connectivity index (χ0n) is 13.1. The van der Waals surface area contributed by atoms with Crippen LogP contribution in [0.3, 0.4) is 0 Å². The maximum absolute atomic E-state index is 12.3. The quantitative estimate of drug-likeness (QED) is 0.326. The molecule has 5 unspecified atom stereocenters. The number of hydrogen-bond donors (Lipinski definition) is 5. The number of nitrogens with two attached hydrogens (primary N) is 1. The Morgan fingerprint density at radius 3 is 2.54 bits per heavy atom.